The zero-order chi connectivity index (χ0) is 6.62. The van der Waals surface area contributed by atoms with Gasteiger partial charge in [0, 0.05) is 13.1 Å². The quantitative estimate of drug-likeness (QED) is 0.303. The highest BCUT2D eigenvalue weighted by Crippen LogP contribution is 2.05. The molecule has 0 aliphatic carbocycles. The van der Waals surface area contributed by atoms with Gasteiger partial charge in [-0.1, -0.05) is 12.1 Å². The molecule has 0 bridgehead atoms. The molecular weight excluding hydrogens is 110 g/mol. The maximum absolute atomic E-state index is 8.52. The fourth-order valence-corrected chi connectivity index (χ4v) is 0.168. The third-order valence-electron chi connectivity index (χ3n) is 0.671. The van der Waals surface area contributed by atoms with Gasteiger partial charge in [-0.25, -0.2) is 0 Å². The lowest BCUT2D eigenvalue weighted by molar-refractivity contribution is -0.338. The minimum Gasteiger partial charge on any atom is -0.333 e. The Morgan fingerprint density at radius 2 is 2.25 bits per heavy atom. The third kappa shape index (κ3) is 2.54. The topological polar surface area (TPSA) is 62.0 Å². The lowest BCUT2D eigenvalue weighted by Crippen LogP contribution is -2.28. The normalized spacial score (nSPS) is 10.9. The summed E-state index contributed by atoms with van der Waals surface area (Å²) in [7, 11) is 0. The van der Waals surface area contributed by atoms with E-state index in [1.807, 2.05) is 0 Å². The van der Waals surface area contributed by atoms with E-state index in [2.05, 4.69) is 16.7 Å². The van der Waals surface area contributed by atoms with Gasteiger partial charge in [0.2, 0.25) is 0 Å². The third-order valence-corrected chi connectivity index (χ3v) is 0.671. The van der Waals surface area contributed by atoms with Crippen LogP contribution in [0.25, 0.3) is 0 Å². The first kappa shape index (κ1) is 7.39. The Kier molecular flexibility index (Phi) is 2.44. The Morgan fingerprint density at radius 3 is 2.38 bits per heavy atom. The predicted molar refractivity (Wildman–Crippen MR) is 28.1 cm³/mol. The van der Waals surface area contributed by atoms with Crippen LogP contribution in [0.3, 0.4) is 0 Å². The van der Waals surface area contributed by atoms with Crippen molar-refractivity contribution in [2.24, 2.45) is 5.16 Å². The zero-order valence-corrected chi connectivity index (χ0v) is 4.66. The molecule has 0 saturated heterocycles. The van der Waals surface area contributed by atoms with Gasteiger partial charge in [-0.05, 0) is 0 Å². The van der Waals surface area contributed by atoms with Crippen molar-refractivity contribution in [3.8, 4) is 0 Å². The average Bonchev–Trinajstić information content (AvgIpc) is 1.67. The van der Waals surface area contributed by atoms with E-state index in [4.69, 9.17) is 10.2 Å². The van der Waals surface area contributed by atoms with E-state index in [9.17, 15) is 0 Å². The van der Waals surface area contributed by atoms with Crippen LogP contribution >= 0.6 is 0 Å². The summed E-state index contributed by atoms with van der Waals surface area (Å²) in [6.07, 6.45) is 0.0615. The summed E-state index contributed by atoms with van der Waals surface area (Å²) < 4.78 is 0. The van der Waals surface area contributed by atoms with Crippen molar-refractivity contribution in [1.82, 2.24) is 0 Å². The molecular formula is C4H9NO3. The van der Waals surface area contributed by atoms with Crippen molar-refractivity contribution in [2.75, 3.05) is 0 Å². The summed E-state index contributed by atoms with van der Waals surface area (Å²) in [4.78, 5) is 4.00. The van der Waals surface area contributed by atoms with Gasteiger partial charge in [-0.15, -0.1) is 0 Å². The van der Waals surface area contributed by atoms with Crippen LogP contribution in [-0.4, -0.2) is 22.9 Å². The largest absolute Gasteiger partial charge is 0.344 e. The van der Waals surface area contributed by atoms with Crippen molar-refractivity contribution >= 4 is 6.72 Å². The zero-order valence-electron chi connectivity index (χ0n) is 4.66. The summed E-state index contributed by atoms with van der Waals surface area (Å²) >= 11 is 0. The Balaban J connectivity index is 3.53. The van der Waals surface area contributed by atoms with Crippen LogP contribution in [-0.2, 0) is 4.84 Å². The first-order valence-electron chi connectivity index (χ1n) is 2.21. The highest BCUT2D eigenvalue weighted by molar-refractivity contribution is 5.21. The summed E-state index contributed by atoms with van der Waals surface area (Å²) in [5, 5.41) is 19.9. The summed E-state index contributed by atoms with van der Waals surface area (Å²) in [5.41, 5.74) is 0. The van der Waals surface area contributed by atoms with Crippen LogP contribution in [0.1, 0.15) is 13.3 Å². The van der Waals surface area contributed by atoms with E-state index >= 15 is 0 Å². The van der Waals surface area contributed by atoms with Crippen molar-refractivity contribution in [2.45, 2.75) is 19.3 Å². The van der Waals surface area contributed by atoms with Gasteiger partial charge in [0.05, 0.1) is 0 Å². The Labute approximate surface area is 47.4 Å². The Hall–Kier alpha value is -0.610. The van der Waals surface area contributed by atoms with Crippen molar-refractivity contribution in [1.29, 1.82) is 0 Å². The van der Waals surface area contributed by atoms with Crippen molar-refractivity contribution in [3.63, 3.8) is 0 Å². The average molecular weight is 119 g/mol. The first-order valence-corrected chi connectivity index (χ1v) is 2.21. The first-order chi connectivity index (χ1) is 3.62. The van der Waals surface area contributed by atoms with E-state index in [0.717, 1.165) is 0 Å². The monoisotopic (exact) mass is 119 g/mol. The Morgan fingerprint density at radius 1 is 1.75 bits per heavy atom. The molecule has 0 aromatic heterocycles. The van der Waals surface area contributed by atoms with Gasteiger partial charge in [0.25, 0.3) is 0 Å². The minimum atomic E-state index is -2.14. The van der Waals surface area contributed by atoms with Gasteiger partial charge in [-0.2, -0.15) is 0 Å². The van der Waals surface area contributed by atoms with E-state index in [1.54, 1.807) is 6.92 Å². The van der Waals surface area contributed by atoms with Crippen LogP contribution in [0, 0.1) is 0 Å². The smallest absolute Gasteiger partial charge is 0.333 e. The van der Waals surface area contributed by atoms with Crippen LogP contribution in [0.5, 0.6) is 0 Å². The second-order valence-electron chi connectivity index (χ2n) is 1.32. The van der Waals surface area contributed by atoms with E-state index in [1.165, 1.54) is 0 Å². The molecule has 0 saturated carbocycles. The molecule has 0 radical (unpaired) electrons. The van der Waals surface area contributed by atoms with Crippen LogP contribution in [0.4, 0.5) is 0 Å². The fourth-order valence-electron chi connectivity index (χ4n) is 0.168. The predicted octanol–water partition coefficient (Wildman–Crippen LogP) is -0.333. The highest BCUT2D eigenvalue weighted by Gasteiger charge is 2.21. The molecule has 48 valence electrons. The van der Waals surface area contributed by atoms with E-state index < -0.39 is 5.97 Å². The second kappa shape index (κ2) is 2.64. The molecule has 0 aliphatic heterocycles. The SMILES string of the molecule is C=NOC(O)(O)CC. The summed E-state index contributed by atoms with van der Waals surface area (Å²) in [6.45, 7) is 4.45. The molecule has 0 heterocycles. The molecule has 8 heavy (non-hydrogen) atoms. The lowest BCUT2D eigenvalue weighted by atomic mass is 10.4. The summed E-state index contributed by atoms with van der Waals surface area (Å²) in [5.74, 6) is -2.14. The van der Waals surface area contributed by atoms with Gasteiger partial charge in [0.15, 0.2) is 0 Å². The van der Waals surface area contributed by atoms with Crippen LogP contribution in [0.15, 0.2) is 5.16 Å². The van der Waals surface area contributed by atoms with Gasteiger partial charge < -0.3 is 15.1 Å². The second-order valence-corrected chi connectivity index (χ2v) is 1.32. The summed E-state index contributed by atoms with van der Waals surface area (Å²) in [6, 6.07) is 0. The molecule has 0 aromatic carbocycles. The molecule has 0 aliphatic rings. The molecule has 0 fully saturated rings. The van der Waals surface area contributed by atoms with Crippen molar-refractivity contribution in [3.05, 3.63) is 0 Å². The molecule has 4 heteroatoms. The fraction of sp³-hybridized carbons (Fsp3) is 0.750. The van der Waals surface area contributed by atoms with Crippen LogP contribution in [0.2, 0.25) is 0 Å². The molecule has 0 aromatic rings. The number of oxime groups is 1. The van der Waals surface area contributed by atoms with Gasteiger partial charge in [0.1, 0.15) is 0 Å². The molecule has 0 unspecified atom stereocenters. The van der Waals surface area contributed by atoms with Gasteiger partial charge >= 0.3 is 5.97 Å². The van der Waals surface area contributed by atoms with E-state index in [0.29, 0.717) is 0 Å². The highest BCUT2D eigenvalue weighted by atomic mass is 16.8. The molecule has 2 N–H and O–H groups in total. The van der Waals surface area contributed by atoms with Crippen molar-refractivity contribution < 1.29 is 15.1 Å². The standard InChI is InChI=1S/C4H9NO3/c1-3-4(6,7)8-5-2/h6-7H,2-3H2,1H3. The number of rotatable bonds is 3. The molecule has 0 spiro atoms. The van der Waals surface area contributed by atoms with E-state index in [-0.39, 0.29) is 6.42 Å². The molecule has 0 amide bonds. The minimum absolute atomic E-state index is 0.0615. The lowest BCUT2D eigenvalue weighted by Gasteiger charge is -2.14. The number of hydrogen-bond donors (Lipinski definition) is 2. The maximum Gasteiger partial charge on any atom is 0.344 e. The van der Waals surface area contributed by atoms with Gasteiger partial charge in [-0.3, -0.25) is 0 Å². The molecule has 0 rings (SSSR count). The van der Waals surface area contributed by atoms with Crippen LogP contribution < -0.4 is 0 Å². The maximum atomic E-state index is 8.52. The molecule has 0 atom stereocenters. The number of nitrogens with zero attached hydrogens (tertiary/aromatic N) is 1. The number of aliphatic hydroxyl groups is 2. The Bertz CT molecular complexity index is 81.4. The molecule has 4 nitrogen and oxygen atoms in total. The number of hydrogen-bond acceptors (Lipinski definition) is 4.